The number of nitrogens with zero attached hydrogens (tertiary/aromatic N) is 1. The standard InChI is InChI=1S/C13H26N2/c1-15(12-7-3-2-4-8-12)11-13(14)9-5-6-10-13/h12H,2-11,14H2,1H3. The minimum Gasteiger partial charge on any atom is -0.324 e. The summed E-state index contributed by atoms with van der Waals surface area (Å²) in [5, 5.41) is 0. The SMILES string of the molecule is CN(CC1(N)CCCC1)C1CCCCC1. The van der Waals surface area contributed by atoms with Crippen molar-refractivity contribution < 1.29 is 0 Å². The number of hydrogen-bond donors (Lipinski definition) is 1. The molecule has 2 aliphatic carbocycles. The Hall–Kier alpha value is -0.0800. The van der Waals surface area contributed by atoms with Gasteiger partial charge in [0.2, 0.25) is 0 Å². The fourth-order valence-corrected chi connectivity index (χ4v) is 3.38. The van der Waals surface area contributed by atoms with E-state index in [1.807, 2.05) is 0 Å². The van der Waals surface area contributed by atoms with Gasteiger partial charge in [0, 0.05) is 18.1 Å². The van der Waals surface area contributed by atoms with Crippen molar-refractivity contribution in [3.05, 3.63) is 0 Å². The summed E-state index contributed by atoms with van der Waals surface area (Å²) in [6.07, 6.45) is 12.2. The van der Waals surface area contributed by atoms with E-state index in [9.17, 15) is 0 Å². The third-order valence-electron chi connectivity index (χ3n) is 4.36. The minimum atomic E-state index is 0.145. The molecular weight excluding hydrogens is 184 g/mol. The van der Waals surface area contributed by atoms with Gasteiger partial charge in [0.15, 0.2) is 0 Å². The lowest BCUT2D eigenvalue weighted by Crippen LogP contribution is -2.50. The van der Waals surface area contributed by atoms with Crippen molar-refractivity contribution >= 4 is 0 Å². The molecule has 0 unspecified atom stereocenters. The molecule has 2 heteroatoms. The molecule has 2 nitrogen and oxygen atoms in total. The van der Waals surface area contributed by atoms with E-state index in [0.29, 0.717) is 0 Å². The highest BCUT2D eigenvalue weighted by Crippen LogP contribution is 2.30. The molecule has 15 heavy (non-hydrogen) atoms. The topological polar surface area (TPSA) is 29.3 Å². The second kappa shape index (κ2) is 4.84. The van der Waals surface area contributed by atoms with Crippen LogP contribution in [0.25, 0.3) is 0 Å². The zero-order valence-corrected chi connectivity index (χ0v) is 10.2. The molecule has 0 heterocycles. The van der Waals surface area contributed by atoms with Crippen molar-refractivity contribution in [3.8, 4) is 0 Å². The molecule has 0 bridgehead atoms. The Kier molecular flexibility index (Phi) is 3.68. The van der Waals surface area contributed by atoms with Crippen LogP contribution >= 0.6 is 0 Å². The Labute approximate surface area is 94.2 Å². The summed E-state index contributed by atoms with van der Waals surface area (Å²) in [7, 11) is 2.28. The van der Waals surface area contributed by atoms with Gasteiger partial charge >= 0.3 is 0 Å². The zero-order chi connectivity index (χ0) is 10.7. The Bertz CT molecular complexity index is 191. The van der Waals surface area contributed by atoms with Crippen molar-refractivity contribution in [1.82, 2.24) is 4.90 Å². The molecule has 0 aromatic heterocycles. The first-order valence-electron chi connectivity index (χ1n) is 6.69. The van der Waals surface area contributed by atoms with Crippen LogP contribution in [0.4, 0.5) is 0 Å². The maximum Gasteiger partial charge on any atom is 0.0283 e. The highest BCUT2D eigenvalue weighted by Gasteiger charge is 2.32. The van der Waals surface area contributed by atoms with E-state index in [2.05, 4.69) is 11.9 Å². The van der Waals surface area contributed by atoms with Crippen LogP contribution in [0.1, 0.15) is 57.8 Å². The van der Waals surface area contributed by atoms with Gasteiger partial charge in [-0.05, 0) is 32.7 Å². The number of rotatable bonds is 3. The molecule has 2 fully saturated rings. The second-order valence-electron chi connectivity index (χ2n) is 5.78. The molecule has 88 valence electrons. The van der Waals surface area contributed by atoms with Crippen LogP contribution in [0.15, 0.2) is 0 Å². The van der Waals surface area contributed by atoms with Crippen molar-refractivity contribution in [1.29, 1.82) is 0 Å². The van der Waals surface area contributed by atoms with Crippen LogP contribution in [0.2, 0.25) is 0 Å². The first-order chi connectivity index (χ1) is 7.20. The third-order valence-corrected chi connectivity index (χ3v) is 4.36. The van der Waals surface area contributed by atoms with Gasteiger partial charge in [0.05, 0.1) is 0 Å². The van der Waals surface area contributed by atoms with E-state index < -0.39 is 0 Å². The fourth-order valence-electron chi connectivity index (χ4n) is 3.38. The van der Waals surface area contributed by atoms with Gasteiger partial charge in [-0.3, -0.25) is 0 Å². The van der Waals surface area contributed by atoms with E-state index in [0.717, 1.165) is 12.6 Å². The van der Waals surface area contributed by atoms with Gasteiger partial charge in [0.25, 0.3) is 0 Å². The van der Waals surface area contributed by atoms with Gasteiger partial charge in [0.1, 0.15) is 0 Å². The summed E-state index contributed by atoms with van der Waals surface area (Å²) in [6, 6.07) is 0.819. The van der Waals surface area contributed by atoms with Crippen molar-refractivity contribution in [3.63, 3.8) is 0 Å². The number of hydrogen-bond acceptors (Lipinski definition) is 2. The van der Waals surface area contributed by atoms with E-state index in [-0.39, 0.29) is 5.54 Å². The first-order valence-corrected chi connectivity index (χ1v) is 6.69. The van der Waals surface area contributed by atoms with Crippen LogP contribution in [-0.4, -0.2) is 30.1 Å². The van der Waals surface area contributed by atoms with Crippen molar-refractivity contribution in [2.75, 3.05) is 13.6 Å². The van der Waals surface area contributed by atoms with Gasteiger partial charge in [-0.2, -0.15) is 0 Å². The Morgan fingerprint density at radius 2 is 1.67 bits per heavy atom. The lowest BCUT2D eigenvalue weighted by molar-refractivity contribution is 0.154. The second-order valence-corrected chi connectivity index (χ2v) is 5.78. The molecule has 0 spiro atoms. The Morgan fingerprint density at radius 3 is 2.27 bits per heavy atom. The quantitative estimate of drug-likeness (QED) is 0.775. The molecule has 0 aromatic carbocycles. The maximum absolute atomic E-state index is 6.42. The Morgan fingerprint density at radius 1 is 1.07 bits per heavy atom. The molecule has 0 amide bonds. The molecule has 0 atom stereocenters. The van der Waals surface area contributed by atoms with Gasteiger partial charge < -0.3 is 10.6 Å². The average Bonchev–Trinajstić information content (AvgIpc) is 2.66. The fraction of sp³-hybridized carbons (Fsp3) is 1.00. The summed E-state index contributed by atoms with van der Waals surface area (Å²) in [6.45, 7) is 1.12. The normalized spacial score (nSPS) is 27.4. The molecule has 2 N–H and O–H groups in total. The highest BCUT2D eigenvalue weighted by molar-refractivity contribution is 4.92. The smallest absolute Gasteiger partial charge is 0.0283 e. The van der Waals surface area contributed by atoms with E-state index >= 15 is 0 Å². The Balaban J connectivity index is 1.82. The summed E-state index contributed by atoms with van der Waals surface area (Å²) in [5.74, 6) is 0. The monoisotopic (exact) mass is 210 g/mol. The van der Waals surface area contributed by atoms with Crippen LogP contribution in [0.5, 0.6) is 0 Å². The van der Waals surface area contributed by atoms with Crippen LogP contribution in [0, 0.1) is 0 Å². The summed E-state index contributed by atoms with van der Waals surface area (Å²) < 4.78 is 0. The molecule has 2 aliphatic rings. The van der Waals surface area contributed by atoms with Crippen molar-refractivity contribution in [2.45, 2.75) is 69.4 Å². The van der Waals surface area contributed by atoms with Crippen LogP contribution in [0.3, 0.4) is 0 Å². The molecule has 2 saturated carbocycles. The molecule has 2 rings (SSSR count). The molecule has 0 aliphatic heterocycles. The predicted octanol–water partition coefficient (Wildman–Crippen LogP) is 2.52. The molecule has 0 radical (unpaired) electrons. The van der Waals surface area contributed by atoms with E-state index in [4.69, 9.17) is 5.73 Å². The van der Waals surface area contributed by atoms with Gasteiger partial charge in [-0.25, -0.2) is 0 Å². The highest BCUT2D eigenvalue weighted by atomic mass is 15.2. The summed E-state index contributed by atoms with van der Waals surface area (Å²) in [5.41, 5.74) is 6.57. The zero-order valence-electron chi connectivity index (χ0n) is 10.2. The van der Waals surface area contributed by atoms with Crippen LogP contribution in [-0.2, 0) is 0 Å². The van der Waals surface area contributed by atoms with Crippen LogP contribution < -0.4 is 5.73 Å². The molecular formula is C13H26N2. The van der Waals surface area contributed by atoms with Gasteiger partial charge in [-0.15, -0.1) is 0 Å². The largest absolute Gasteiger partial charge is 0.324 e. The predicted molar refractivity (Wildman–Crippen MR) is 64.9 cm³/mol. The van der Waals surface area contributed by atoms with Gasteiger partial charge in [-0.1, -0.05) is 32.1 Å². The van der Waals surface area contributed by atoms with E-state index in [1.165, 1.54) is 57.8 Å². The minimum absolute atomic E-state index is 0.145. The summed E-state index contributed by atoms with van der Waals surface area (Å²) in [4.78, 5) is 2.55. The number of nitrogens with two attached hydrogens (primary N) is 1. The average molecular weight is 210 g/mol. The maximum atomic E-state index is 6.42. The summed E-state index contributed by atoms with van der Waals surface area (Å²) >= 11 is 0. The molecule has 0 saturated heterocycles. The number of likely N-dealkylation sites (N-methyl/N-ethyl adjacent to an activating group) is 1. The lowest BCUT2D eigenvalue weighted by Gasteiger charge is -2.36. The molecule has 0 aromatic rings. The van der Waals surface area contributed by atoms with E-state index in [1.54, 1.807) is 0 Å². The first kappa shape index (κ1) is 11.4. The third kappa shape index (κ3) is 2.94. The lowest BCUT2D eigenvalue weighted by atomic mass is 9.92. The van der Waals surface area contributed by atoms with Crippen molar-refractivity contribution in [2.24, 2.45) is 5.73 Å².